The zero-order valence-corrected chi connectivity index (χ0v) is 10.6. The molecule has 1 rings (SSSR count). The van der Waals surface area contributed by atoms with Crippen molar-refractivity contribution in [3.8, 4) is 0 Å². The van der Waals surface area contributed by atoms with Gasteiger partial charge in [0.1, 0.15) is 6.04 Å². The lowest BCUT2D eigenvalue weighted by atomic mass is 10.2. The molecular weight excluding hydrogens is 244 g/mol. The lowest BCUT2D eigenvalue weighted by Gasteiger charge is -2.12. The first-order valence-electron chi connectivity index (χ1n) is 5.24. The van der Waals surface area contributed by atoms with Crippen molar-refractivity contribution in [2.24, 2.45) is 7.05 Å². The molecular formula is C10H16N2O4S. The summed E-state index contributed by atoms with van der Waals surface area (Å²) in [7, 11) is -2.06. The predicted molar refractivity (Wildman–Crippen MR) is 62.1 cm³/mol. The Morgan fingerprint density at radius 2 is 2.24 bits per heavy atom. The van der Waals surface area contributed by atoms with Crippen LogP contribution >= 0.6 is 0 Å². The number of hydrogen-bond donors (Lipinski definition) is 2. The van der Waals surface area contributed by atoms with E-state index in [2.05, 4.69) is 4.72 Å². The van der Waals surface area contributed by atoms with Crippen LogP contribution in [0.1, 0.15) is 19.8 Å². The number of nitrogens with one attached hydrogen (secondary N) is 1. The molecule has 0 amide bonds. The number of aryl methyl sites for hydroxylation is 1. The van der Waals surface area contributed by atoms with E-state index in [4.69, 9.17) is 5.11 Å². The third-order valence-corrected chi connectivity index (χ3v) is 3.74. The Kier molecular flexibility index (Phi) is 4.30. The van der Waals surface area contributed by atoms with E-state index in [1.807, 2.05) is 0 Å². The van der Waals surface area contributed by atoms with Gasteiger partial charge in [-0.2, -0.15) is 4.72 Å². The molecule has 1 unspecified atom stereocenters. The molecule has 1 heterocycles. The quantitative estimate of drug-likeness (QED) is 0.782. The van der Waals surface area contributed by atoms with Crippen LogP contribution in [-0.2, 0) is 21.9 Å². The highest BCUT2D eigenvalue weighted by Crippen LogP contribution is 2.10. The second-order valence-electron chi connectivity index (χ2n) is 3.81. The van der Waals surface area contributed by atoms with E-state index in [-0.39, 0.29) is 11.3 Å². The van der Waals surface area contributed by atoms with E-state index in [1.54, 1.807) is 24.7 Å². The maximum absolute atomic E-state index is 11.8. The van der Waals surface area contributed by atoms with E-state index in [9.17, 15) is 13.2 Å². The Morgan fingerprint density at radius 1 is 1.59 bits per heavy atom. The number of nitrogens with zero attached hydrogens (tertiary/aromatic N) is 1. The molecule has 0 radical (unpaired) electrons. The fraction of sp³-hybridized carbons (Fsp3) is 0.500. The lowest BCUT2D eigenvalue weighted by Crippen LogP contribution is -2.40. The van der Waals surface area contributed by atoms with Crippen molar-refractivity contribution in [3.05, 3.63) is 18.5 Å². The maximum Gasteiger partial charge on any atom is 0.321 e. The minimum absolute atomic E-state index is 0.0716. The van der Waals surface area contributed by atoms with Gasteiger partial charge in [0, 0.05) is 19.4 Å². The van der Waals surface area contributed by atoms with Crippen LogP contribution in [0, 0.1) is 0 Å². The summed E-state index contributed by atoms with van der Waals surface area (Å²) in [4.78, 5) is 10.9. The first-order chi connectivity index (χ1) is 7.86. The summed E-state index contributed by atoms with van der Waals surface area (Å²) >= 11 is 0. The monoisotopic (exact) mass is 260 g/mol. The highest BCUT2D eigenvalue weighted by atomic mass is 32.2. The van der Waals surface area contributed by atoms with Crippen LogP contribution in [0.3, 0.4) is 0 Å². The largest absolute Gasteiger partial charge is 0.480 e. The molecule has 0 saturated carbocycles. The number of aliphatic carboxylic acids is 1. The number of carbonyl (C=O) groups is 1. The second kappa shape index (κ2) is 5.33. The average Bonchev–Trinajstić information content (AvgIpc) is 2.64. The molecule has 1 aromatic heterocycles. The molecule has 96 valence electrons. The summed E-state index contributed by atoms with van der Waals surface area (Å²) in [6, 6.07) is 0.345. The molecule has 0 aromatic carbocycles. The van der Waals surface area contributed by atoms with E-state index < -0.39 is 22.0 Å². The van der Waals surface area contributed by atoms with Crippen molar-refractivity contribution in [3.63, 3.8) is 0 Å². The van der Waals surface area contributed by atoms with Gasteiger partial charge in [0.2, 0.25) is 10.0 Å². The molecule has 0 fully saturated rings. The summed E-state index contributed by atoms with van der Waals surface area (Å²) in [6.07, 6.45) is 3.87. The number of hydrogen-bond acceptors (Lipinski definition) is 3. The fourth-order valence-electron chi connectivity index (χ4n) is 1.41. The maximum atomic E-state index is 11.8. The van der Waals surface area contributed by atoms with Crippen molar-refractivity contribution in [1.82, 2.24) is 9.29 Å². The van der Waals surface area contributed by atoms with Gasteiger partial charge in [-0.15, -0.1) is 0 Å². The standard InChI is InChI=1S/C10H16N2O4S/c1-3-4-9(10(13)14)11-17(15,16)8-5-6-12(2)7-8/h5-7,9,11H,3-4H2,1-2H3,(H,13,14). The van der Waals surface area contributed by atoms with Crippen LogP contribution < -0.4 is 4.72 Å². The Bertz CT molecular complexity index is 492. The molecule has 0 spiro atoms. The van der Waals surface area contributed by atoms with Crippen molar-refractivity contribution < 1.29 is 18.3 Å². The van der Waals surface area contributed by atoms with Crippen molar-refractivity contribution in [2.75, 3.05) is 0 Å². The highest BCUT2D eigenvalue weighted by molar-refractivity contribution is 7.89. The van der Waals surface area contributed by atoms with Gasteiger partial charge in [-0.3, -0.25) is 4.79 Å². The summed E-state index contributed by atoms with van der Waals surface area (Å²) in [6.45, 7) is 1.80. The summed E-state index contributed by atoms with van der Waals surface area (Å²) in [5.41, 5.74) is 0. The zero-order valence-electron chi connectivity index (χ0n) is 9.75. The van der Waals surface area contributed by atoms with Crippen LogP contribution in [-0.4, -0.2) is 30.1 Å². The minimum atomic E-state index is -3.76. The third kappa shape index (κ3) is 3.57. The van der Waals surface area contributed by atoms with Crippen molar-refractivity contribution >= 4 is 16.0 Å². The van der Waals surface area contributed by atoms with Crippen LogP contribution in [0.5, 0.6) is 0 Å². The van der Waals surface area contributed by atoms with Crippen LogP contribution in [0.15, 0.2) is 23.4 Å². The molecule has 0 saturated heterocycles. The minimum Gasteiger partial charge on any atom is -0.480 e. The summed E-state index contributed by atoms with van der Waals surface area (Å²) in [5.74, 6) is -1.16. The average molecular weight is 260 g/mol. The predicted octanol–water partition coefficient (Wildman–Crippen LogP) is 0.557. The molecule has 7 heteroatoms. The molecule has 1 atom stereocenters. The zero-order chi connectivity index (χ0) is 13.1. The van der Waals surface area contributed by atoms with E-state index in [1.165, 1.54) is 12.3 Å². The van der Waals surface area contributed by atoms with Crippen LogP contribution in [0.25, 0.3) is 0 Å². The molecule has 0 aliphatic heterocycles. The van der Waals surface area contributed by atoms with Gasteiger partial charge >= 0.3 is 5.97 Å². The molecule has 17 heavy (non-hydrogen) atoms. The van der Waals surface area contributed by atoms with Gasteiger partial charge < -0.3 is 9.67 Å². The van der Waals surface area contributed by atoms with Gasteiger partial charge in [-0.25, -0.2) is 8.42 Å². The van der Waals surface area contributed by atoms with E-state index in [0.29, 0.717) is 6.42 Å². The van der Waals surface area contributed by atoms with Gasteiger partial charge in [0.05, 0.1) is 4.90 Å². The van der Waals surface area contributed by atoms with Gasteiger partial charge in [0.15, 0.2) is 0 Å². The number of sulfonamides is 1. The Labute approximate surface area is 100 Å². The van der Waals surface area contributed by atoms with E-state index >= 15 is 0 Å². The van der Waals surface area contributed by atoms with Crippen molar-refractivity contribution in [1.29, 1.82) is 0 Å². The number of rotatable bonds is 6. The molecule has 0 aliphatic carbocycles. The third-order valence-electron chi connectivity index (χ3n) is 2.29. The first-order valence-corrected chi connectivity index (χ1v) is 6.72. The molecule has 0 bridgehead atoms. The number of carboxylic acids is 1. The fourth-order valence-corrected chi connectivity index (χ4v) is 2.69. The lowest BCUT2D eigenvalue weighted by molar-refractivity contribution is -0.139. The normalized spacial score (nSPS) is 13.5. The number of aromatic nitrogens is 1. The van der Waals surface area contributed by atoms with Crippen LogP contribution in [0.2, 0.25) is 0 Å². The Balaban J connectivity index is 2.88. The molecule has 0 aliphatic rings. The van der Waals surface area contributed by atoms with Crippen molar-refractivity contribution in [2.45, 2.75) is 30.7 Å². The topological polar surface area (TPSA) is 88.4 Å². The summed E-state index contributed by atoms with van der Waals surface area (Å²) in [5, 5.41) is 8.89. The molecule has 2 N–H and O–H groups in total. The molecule has 6 nitrogen and oxygen atoms in total. The van der Waals surface area contributed by atoms with Gasteiger partial charge in [-0.05, 0) is 12.5 Å². The second-order valence-corrected chi connectivity index (χ2v) is 5.53. The number of carboxylic acid groups (broad SMARTS) is 1. The van der Waals surface area contributed by atoms with E-state index in [0.717, 1.165) is 0 Å². The Hall–Kier alpha value is -1.34. The SMILES string of the molecule is CCCC(NS(=O)(=O)c1ccn(C)c1)C(=O)O. The van der Waals surface area contributed by atoms with Crippen LogP contribution in [0.4, 0.5) is 0 Å². The van der Waals surface area contributed by atoms with Gasteiger partial charge in [0.25, 0.3) is 0 Å². The first kappa shape index (κ1) is 13.7. The molecule has 1 aromatic rings. The Morgan fingerprint density at radius 3 is 2.65 bits per heavy atom. The highest BCUT2D eigenvalue weighted by Gasteiger charge is 2.24. The summed E-state index contributed by atoms with van der Waals surface area (Å²) < 4.78 is 27.5. The van der Waals surface area contributed by atoms with Gasteiger partial charge in [-0.1, -0.05) is 13.3 Å². The smallest absolute Gasteiger partial charge is 0.321 e.